The van der Waals surface area contributed by atoms with Crippen LogP contribution in [0.25, 0.3) is 6.08 Å². The average Bonchev–Trinajstić information content (AvgIpc) is 2.88. The molecule has 3 aromatic carbocycles. The van der Waals surface area contributed by atoms with Crippen LogP contribution in [-0.2, 0) is 16.2 Å². The first-order chi connectivity index (χ1) is 17.9. The molecule has 1 heterocycles. The van der Waals surface area contributed by atoms with E-state index in [9.17, 15) is 14.4 Å². The molecule has 0 bridgehead atoms. The van der Waals surface area contributed by atoms with Crippen LogP contribution in [0.2, 0.25) is 5.02 Å². The van der Waals surface area contributed by atoms with Crippen molar-refractivity contribution in [3.63, 3.8) is 0 Å². The van der Waals surface area contributed by atoms with Crippen LogP contribution in [-0.4, -0.2) is 31.1 Å². The largest absolute Gasteiger partial charge is 0.494 e. The number of rotatable bonds is 9. The lowest BCUT2D eigenvalue weighted by molar-refractivity contribution is -0.122. The zero-order valence-electron chi connectivity index (χ0n) is 20.3. The van der Waals surface area contributed by atoms with E-state index in [0.717, 1.165) is 10.5 Å². The zero-order valence-corrected chi connectivity index (χ0v) is 21.1. The molecule has 3 aromatic rings. The monoisotopic (exact) mass is 520 g/mol. The lowest BCUT2D eigenvalue weighted by Crippen LogP contribution is -2.54. The number of hydrogen-bond donors (Lipinski definition) is 1. The van der Waals surface area contributed by atoms with Crippen LogP contribution in [0, 0.1) is 0 Å². The molecule has 0 atom stereocenters. The number of ether oxygens (including phenoxy) is 3. The molecule has 37 heavy (non-hydrogen) atoms. The van der Waals surface area contributed by atoms with Gasteiger partial charge in [-0.1, -0.05) is 35.9 Å². The fraction of sp³-hybridized carbons (Fsp3) is 0.179. The second kappa shape index (κ2) is 11.6. The van der Waals surface area contributed by atoms with E-state index in [4.69, 9.17) is 25.8 Å². The van der Waals surface area contributed by atoms with Gasteiger partial charge in [0.2, 0.25) is 0 Å². The number of anilines is 1. The van der Waals surface area contributed by atoms with Crippen molar-refractivity contribution < 1.29 is 28.6 Å². The quantitative estimate of drug-likeness (QED) is 0.300. The van der Waals surface area contributed by atoms with E-state index in [0.29, 0.717) is 46.7 Å². The summed E-state index contributed by atoms with van der Waals surface area (Å²) in [5.74, 6) is -0.00563. The van der Waals surface area contributed by atoms with E-state index < -0.39 is 17.8 Å². The van der Waals surface area contributed by atoms with Gasteiger partial charge in [0, 0.05) is 10.6 Å². The molecule has 0 aromatic heterocycles. The molecule has 0 spiro atoms. The van der Waals surface area contributed by atoms with Crippen LogP contribution in [0.3, 0.4) is 0 Å². The Hall–Kier alpha value is -4.30. The summed E-state index contributed by atoms with van der Waals surface area (Å²) in [7, 11) is 0. The van der Waals surface area contributed by atoms with Crippen molar-refractivity contribution in [1.29, 1.82) is 0 Å². The number of nitrogens with zero attached hydrogens (tertiary/aromatic N) is 1. The molecule has 0 aliphatic carbocycles. The average molecular weight is 521 g/mol. The van der Waals surface area contributed by atoms with Crippen LogP contribution in [0.1, 0.15) is 25.0 Å². The minimum Gasteiger partial charge on any atom is -0.494 e. The highest BCUT2D eigenvalue weighted by Crippen LogP contribution is 2.32. The SMILES string of the molecule is CCOc1ccc(N2C(=O)NC(=O)/C(=C/c3ccc(OCc4ccccc4Cl)c(OCC)c3)C2=O)cc1. The van der Waals surface area contributed by atoms with Crippen LogP contribution >= 0.6 is 11.6 Å². The third-order valence-electron chi connectivity index (χ3n) is 5.43. The Morgan fingerprint density at radius 3 is 2.30 bits per heavy atom. The van der Waals surface area contributed by atoms with Gasteiger partial charge in [-0.2, -0.15) is 0 Å². The summed E-state index contributed by atoms with van der Waals surface area (Å²) in [5, 5.41) is 2.82. The molecular formula is C28H25ClN2O6. The Balaban J connectivity index is 1.59. The number of nitrogens with one attached hydrogen (secondary N) is 1. The van der Waals surface area contributed by atoms with E-state index in [1.54, 1.807) is 48.5 Å². The first-order valence-electron chi connectivity index (χ1n) is 11.7. The van der Waals surface area contributed by atoms with E-state index in [-0.39, 0.29) is 12.2 Å². The highest BCUT2D eigenvalue weighted by Gasteiger charge is 2.36. The normalized spacial score (nSPS) is 14.5. The molecule has 1 saturated heterocycles. The third kappa shape index (κ3) is 5.92. The van der Waals surface area contributed by atoms with Crippen molar-refractivity contribution in [2.75, 3.05) is 18.1 Å². The molecule has 4 amide bonds. The lowest BCUT2D eigenvalue weighted by Gasteiger charge is -2.26. The van der Waals surface area contributed by atoms with E-state index >= 15 is 0 Å². The van der Waals surface area contributed by atoms with Crippen molar-refractivity contribution in [2.24, 2.45) is 0 Å². The summed E-state index contributed by atoms with van der Waals surface area (Å²) in [6, 6.07) is 18.0. The molecule has 8 nitrogen and oxygen atoms in total. The van der Waals surface area contributed by atoms with Gasteiger partial charge in [0.05, 0.1) is 18.9 Å². The summed E-state index contributed by atoms with van der Waals surface area (Å²) < 4.78 is 17.1. The molecule has 0 saturated carbocycles. The first kappa shape index (κ1) is 25.8. The van der Waals surface area contributed by atoms with Gasteiger partial charge in [-0.05, 0) is 68.0 Å². The molecule has 9 heteroatoms. The molecule has 0 unspecified atom stereocenters. The molecule has 4 rings (SSSR count). The van der Waals surface area contributed by atoms with E-state index in [1.807, 2.05) is 32.0 Å². The standard InChI is InChI=1S/C28H25ClN2O6/c1-3-35-21-12-10-20(11-13-21)31-27(33)22(26(32)30-28(31)34)15-18-9-14-24(25(16-18)36-4-2)37-17-19-7-5-6-8-23(19)29/h5-16H,3-4,17H2,1-2H3,(H,30,32,34)/b22-15-. The van der Waals surface area contributed by atoms with Gasteiger partial charge in [-0.25, -0.2) is 9.69 Å². The van der Waals surface area contributed by atoms with Gasteiger partial charge in [-0.3, -0.25) is 14.9 Å². The van der Waals surface area contributed by atoms with Crippen molar-refractivity contribution in [3.05, 3.63) is 88.5 Å². The Morgan fingerprint density at radius 2 is 1.59 bits per heavy atom. The molecule has 0 radical (unpaired) electrons. The van der Waals surface area contributed by atoms with Crippen molar-refractivity contribution >= 4 is 41.2 Å². The van der Waals surface area contributed by atoms with Gasteiger partial charge < -0.3 is 14.2 Å². The number of halogens is 1. The number of carbonyl (C=O) groups excluding carboxylic acids is 3. The van der Waals surface area contributed by atoms with Crippen molar-refractivity contribution in [1.82, 2.24) is 5.32 Å². The second-order valence-electron chi connectivity index (χ2n) is 7.90. The fourth-order valence-electron chi connectivity index (χ4n) is 3.69. The number of benzene rings is 3. The smallest absolute Gasteiger partial charge is 0.335 e. The Morgan fingerprint density at radius 1 is 0.865 bits per heavy atom. The van der Waals surface area contributed by atoms with Gasteiger partial charge >= 0.3 is 6.03 Å². The predicted octanol–water partition coefficient (Wildman–Crippen LogP) is 5.38. The number of barbiturate groups is 1. The number of urea groups is 1. The van der Waals surface area contributed by atoms with Crippen molar-refractivity contribution in [2.45, 2.75) is 20.5 Å². The highest BCUT2D eigenvalue weighted by molar-refractivity contribution is 6.39. The van der Waals surface area contributed by atoms with Crippen LogP contribution < -0.4 is 24.4 Å². The second-order valence-corrected chi connectivity index (χ2v) is 8.31. The maximum Gasteiger partial charge on any atom is 0.335 e. The minimum absolute atomic E-state index is 0.194. The number of hydrogen-bond acceptors (Lipinski definition) is 6. The maximum atomic E-state index is 13.2. The summed E-state index contributed by atoms with van der Waals surface area (Å²) in [5.41, 5.74) is 1.46. The summed E-state index contributed by atoms with van der Waals surface area (Å²) in [6.45, 7) is 4.79. The van der Waals surface area contributed by atoms with Gasteiger partial charge in [0.1, 0.15) is 17.9 Å². The van der Waals surface area contributed by atoms with Crippen LogP contribution in [0.5, 0.6) is 17.2 Å². The van der Waals surface area contributed by atoms with Crippen LogP contribution in [0.15, 0.2) is 72.3 Å². The molecule has 1 aliphatic heterocycles. The lowest BCUT2D eigenvalue weighted by atomic mass is 10.1. The third-order valence-corrected chi connectivity index (χ3v) is 5.80. The van der Waals surface area contributed by atoms with E-state index in [1.165, 1.54) is 6.08 Å². The van der Waals surface area contributed by atoms with Gasteiger partial charge in [0.25, 0.3) is 11.8 Å². The predicted molar refractivity (Wildman–Crippen MR) is 140 cm³/mol. The Labute approximate surface area is 219 Å². The highest BCUT2D eigenvalue weighted by atomic mass is 35.5. The van der Waals surface area contributed by atoms with Crippen LogP contribution in [0.4, 0.5) is 10.5 Å². The number of carbonyl (C=O) groups is 3. The Bertz CT molecular complexity index is 1350. The fourth-order valence-corrected chi connectivity index (χ4v) is 3.88. The number of imide groups is 2. The summed E-state index contributed by atoms with van der Waals surface area (Å²) in [6.07, 6.45) is 1.41. The molecule has 1 N–H and O–H groups in total. The Kier molecular flexibility index (Phi) is 8.10. The first-order valence-corrected chi connectivity index (χ1v) is 12.1. The summed E-state index contributed by atoms with van der Waals surface area (Å²) >= 11 is 6.22. The molecule has 1 fully saturated rings. The minimum atomic E-state index is -0.824. The maximum absolute atomic E-state index is 13.2. The molecule has 1 aliphatic rings. The zero-order chi connectivity index (χ0) is 26.4. The topological polar surface area (TPSA) is 94.2 Å². The molecule has 190 valence electrons. The summed E-state index contributed by atoms with van der Waals surface area (Å²) in [4.78, 5) is 39.2. The molecular weight excluding hydrogens is 496 g/mol. The van der Waals surface area contributed by atoms with Gasteiger partial charge in [0.15, 0.2) is 11.5 Å². The van der Waals surface area contributed by atoms with Crippen molar-refractivity contribution in [3.8, 4) is 17.2 Å². The van der Waals surface area contributed by atoms with E-state index in [2.05, 4.69) is 5.32 Å². The number of amides is 4. The van der Waals surface area contributed by atoms with Gasteiger partial charge in [-0.15, -0.1) is 0 Å².